The lowest BCUT2D eigenvalue weighted by Crippen LogP contribution is -2.41. The Morgan fingerprint density at radius 2 is 1.65 bits per heavy atom. The number of nitrogens with one attached hydrogen (secondary N) is 1. The second kappa shape index (κ2) is 10.8. The third-order valence-electron chi connectivity index (χ3n) is 5.71. The van der Waals surface area contributed by atoms with Gasteiger partial charge in [0.05, 0.1) is 23.6 Å². The Labute approximate surface area is 199 Å². The quantitative estimate of drug-likeness (QED) is 0.448. The molecule has 0 bridgehead atoms. The van der Waals surface area contributed by atoms with Crippen molar-refractivity contribution >= 4 is 33.4 Å². The summed E-state index contributed by atoms with van der Waals surface area (Å²) in [6.07, 6.45) is -0.464. The molecule has 1 heterocycles. The topological polar surface area (TPSA) is 119 Å². The molecule has 1 fully saturated rings. The van der Waals surface area contributed by atoms with E-state index in [0.29, 0.717) is 17.0 Å². The smallest absolute Gasteiger partial charge is 0.309 e. The van der Waals surface area contributed by atoms with Gasteiger partial charge in [0.15, 0.2) is 11.9 Å². The SMILES string of the molecule is COc1ccccc1NC(=O)C(C)OC(=O)C1CCN(S(=O)(=O)c2ccc(C(C)=O)cc2)CC1. The molecule has 2 aromatic carbocycles. The number of ketones is 1. The predicted octanol–water partition coefficient (Wildman–Crippen LogP) is 2.87. The number of ether oxygens (including phenoxy) is 2. The molecule has 0 aliphatic carbocycles. The number of para-hydroxylation sites is 2. The molecule has 9 nitrogen and oxygen atoms in total. The number of anilines is 1. The summed E-state index contributed by atoms with van der Waals surface area (Å²) in [5, 5.41) is 2.68. The lowest BCUT2D eigenvalue weighted by Gasteiger charge is -2.30. The summed E-state index contributed by atoms with van der Waals surface area (Å²) < 4.78 is 37.7. The van der Waals surface area contributed by atoms with Crippen LogP contribution in [-0.2, 0) is 24.3 Å². The fourth-order valence-electron chi connectivity index (χ4n) is 3.65. The lowest BCUT2D eigenvalue weighted by molar-refractivity contribution is -0.158. The van der Waals surface area contributed by atoms with Crippen LogP contribution in [0.2, 0.25) is 0 Å². The molecule has 0 aromatic heterocycles. The van der Waals surface area contributed by atoms with E-state index in [1.165, 1.54) is 49.5 Å². The average Bonchev–Trinajstić information content (AvgIpc) is 2.84. The van der Waals surface area contributed by atoms with Crippen LogP contribution >= 0.6 is 0 Å². The number of sulfonamides is 1. The number of piperidine rings is 1. The summed E-state index contributed by atoms with van der Waals surface area (Å²) in [4.78, 5) is 36.6. The van der Waals surface area contributed by atoms with Crippen LogP contribution in [0.1, 0.15) is 37.0 Å². The summed E-state index contributed by atoms with van der Waals surface area (Å²) in [6, 6.07) is 12.7. The summed E-state index contributed by atoms with van der Waals surface area (Å²) in [5.74, 6) is -1.20. The average molecular weight is 489 g/mol. The number of hydrogen-bond acceptors (Lipinski definition) is 7. The van der Waals surface area contributed by atoms with Crippen LogP contribution in [0.25, 0.3) is 0 Å². The molecule has 2 aromatic rings. The van der Waals surface area contributed by atoms with Gasteiger partial charge in [0.1, 0.15) is 5.75 Å². The number of carbonyl (C=O) groups excluding carboxylic acids is 3. The zero-order valence-electron chi connectivity index (χ0n) is 19.3. The van der Waals surface area contributed by atoms with Gasteiger partial charge in [-0.05, 0) is 51.0 Å². The molecule has 0 radical (unpaired) electrons. The largest absolute Gasteiger partial charge is 0.495 e. The monoisotopic (exact) mass is 488 g/mol. The van der Waals surface area contributed by atoms with Crippen molar-refractivity contribution in [2.75, 3.05) is 25.5 Å². The molecule has 182 valence electrons. The molecule has 0 saturated carbocycles. The number of methoxy groups -OCH3 is 1. The van der Waals surface area contributed by atoms with E-state index < -0.39 is 33.9 Å². The van der Waals surface area contributed by atoms with Crippen molar-refractivity contribution in [2.45, 2.75) is 37.7 Å². The minimum Gasteiger partial charge on any atom is -0.495 e. The number of amides is 1. The van der Waals surface area contributed by atoms with Crippen LogP contribution in [0.15, 0.2) is 53.4 Å². The highest BCUT2D eigenvalue weighted by Crippen LogP contribution is 2.26. The van der Waals surface area contributed by atoms with Gasteiger partial charge in [-0.3, -0.25) is 14.4 Å². The summed E-state index contributed by atoms with van der Waals surface area (Å²) in [5.41, 5.74) is 0.900. The number of carbonyl (C=O) groups is 3. The van der Waals surface area contributed by atoms with Crippen molar-refractivity contribution in [1.82, 2.24) is 4.31 Å². The van der Waals surface area contributed by atoms with Crippen LogP contribution in [-0.4, -0.2) is 56.7 Å². The highest BCUT2D eigenvalue weighted by Gasteiger charge is 2.34. The van der Waals surface area contributed by atoms with E-state index in [1.807, 2.05) is 0 Å². The first-order chi connectivity index (χ1) is 16.1. The molecule has 1 saturated heterocycles. The van der Waals surface area contributed by atoms with E-state index in [-0.39, 0.29) is 36.6 Å². The van der Waals surface area contributed by atoms with E-state index in [9.17, 15) is 22.8 Å². The molecule has 1 unspecified atom stereocenters. The molecule has 1 atom stereocenters. The number of nitrogens with zero attached hydrogens (tertiary/aromatic N) is 1. The third-order valence-corrected chi connectivity index (χ3v) is 7.63. The maximum Gasteiger partial charge on any atom is 0.309 e. The minimum atomic E-state index is -3.74. The zero-order valence-corrected chi connectivity index (χ0v) is 20.1. The van der Waals surface area contributed by atoms with Crippen molar-refractivity contribution in [2.24, 2.45) is 5.92 Å². The molecule has 1 aliphatic rings. The Morgan fingerprint density at radius 1 is 1.03 bits per heavy atom. The molecule has 1 N–H and O–H groups in total. The Balaban J connectivity index is 1.54. The second-order valence-corrected chi connectivity index (χ2v) is 9.97. The second-order valence-electron chi connectivity index (χ2n) is 8.03. The molecule has 1 amide bonds. The zero-order chi connectivity index (χ0) is 24.9. The van der Waals surface area contributed by atoms with E-state index in [4.69, 9.17) is 9.47 Å². The van der Waals surface area contributed by atoms with Crippen LogP contribution in [0.4, 0.5) is 5.69 Å². The Morgan fingerprint density at radius 3 is 2.24 bits per heavy atom. The third kappa shape index (κ3) is 5.81. The van der Waals surface area contributed by atoms with E-state index in [0.717, 1.165) is 0 Å². The lowest BCUT2D eigenvalue weighted by atomic mass is 9.98. The number of hydrogen-bond donors (Lipinski definition) is 1. The first-order valence-electron chi connectivity index (χ1n) is 10.9. The van der Waals surface area contributed by atoms with E-state index >= 15 is 0 Å². The van der Waals surface area contributed by atoms with Gasteiger partial charge in [-0.2, -0.15) is 4.31 Å². The van der Waals surface area contributed by atoms with Gasteiger partial charge >= 0.3 is 5.97 Å². The summed E-state index contributed by atoms with van der Waals surface area (Å²) >= 11 is 0. The summed E-state index contributed by atoms with van der Waals surface area (Å²) in [7, 11) is -2.25. The maximum absolute atomic E-state index is 12.9. The number of esters is 1. The van der Waals surface area contributed by atoms with Gasteiger partial charge in [-0.25, -0.2) is 8.42 Å². The standard InChI is InChI=1S/C24H28N2O7S/c1-16(27)18-8-10-20(11-9-18)34(30,31)26-14-12-19(13-15-26)24(29)33-17(2)23(28)25-21-6-4-5-7-22(21)32-3/h4-11,17,19H,12-15H2,1-3H3,(H,25,28). The maximum atomic E-state index is 12.9. The normalized spacial score (nSPS) is 15.9. The Bertz CT molecular complexity index is 1150. The molecule has 34 heavy (non-hydrogen) atoms. The fraction of sp³-hybridized carbons (Fsp3) is 0.375. The fourth-order valence-corrected chi connectivity index (χ4v) is 5.12. The first kappa shape index (κ1) is 25.4. The first-order valence-corrected chi connectivity index (χ1v) is 12.3. The van der Waals surface area contributed by atoms with Crippen LogP contribution in [0.3, 0.4) is 0 Å². The Hall–Kier alpha value is -3.24. The van der Waals surface area contributed by atoms with Gasteiger partial charge in [-0.15, -0.1) is 0 Å². The molecular weight excluding hydrogens is 460 g/mol. The van der Waals surface area contributed by atoms with Crippen LogP contribution in [0, 0.1) is 5.92 Å². The van der Waals surface area contributed by atoms with Crippen molar-refractivity contribution in [3.8, 4) is 5.75 Å². The molecule has 10 heteroatoms. The van der Waals surface area contributed by atoms with Crippen molar-refractivity contribution in [3.63, 3.8) is 0 Å². The van der Waals surface area contributed by atoms with Crippen LogP contribution < -0.4 is 10.1 Å². The van der Waals surface area contributed by atoms with Gasteiger partial charge in [0.2, 0.25) is 10.0 Å². The van der Waals surface area contributed by atoms with Gasteiger partial charge < -0.3 is 14.8 Å². The van der Waals surface area contributed by atoms with E-state index in [2.05, 4.69) is 5.32 Å². The molecular formula is C24H28N2O7S. The van der Waals surface area contributed by atoms with Gasteiger partial charge in [0, 0.05) is 18.7 Å². The Kier molecular flexibility index (Phi) is 8.06. The summed E-state index contributed by atoms with van der Waals surface area (Å²) in [6.45, 7) is 3.19. The molecule has 3 rings (SSSR count). The van der Waals surface area contributed by atoms with Gasteiger partial charge in [-0.1, -0.05) is 24.3 Å². The van der Waals surface area contributed by atoms with Gasteiger partial charge in [0.25, 0.3) is 5.91 Å². The van der Waals surface area contributed by atoms with Crippen molar-refractivity contribution in [3.05, 3.63) is 54.1 Å². The highest BCUT2D eigenvalue weighted by atomic mass is 32.2. The van der Waals surface area contributed by atoms with Crippen LogP contribution in [0.5, 0.6) is 5.75 Å². The minimum absolute atomic E-state index is 0.0974. The molecule has 1 aliphatic heterocycles. The number of benzene rings is 2. The van der Waals surface area contributed by atoms with E-state index in [1.54, 1.807) is 24.3 Å². The predicted molar refractivity (Wildman–Crippen MR) is 125 cm³/mol. The molecule has 0 spiro atoms. The highest BCUT2D eigenvalue weighted by molar-refractivity contribution is 7.89. The number of rotatable bonds is 8. The number of Topliss-reactive ketones (excluding diaryl/α,β-unsaturated/α-hetero) is 1. The van der Waals surface area contributed by atoms with Crippen molar-refractivity contribution in [1.29, 1.82) is 0 Å². The van der Waals surface area contributed by atoms with Crippen molar-refractivity contribution < 1.29 is 32.3 Å².